The molecule has 1 amide bonds. The highest BCUT2D eigenvalue weighted by Gasteiger charge is 2.19. The van der Waals surface area contributed by atoms with Crippen molar-refractivity contribution in [3.05, 3.63) is 24.3 Å². The van der Waals surface area contributed by atoms with Gasteiger partial charge < -0.3 is 20.9 Å². The van der Waals surface area contributed by atoms with Gasteiger partial charge in [-0.25, -0.2) is 0 Å². The fourth-order valence-corrected chi connectivity index (χ4v) is 2.52. The molecule has 1 aliphatic carbocycles. The number of aliphatic hydroxyl groups is 1. The number of nitrogens with two attached hydrogens (primary N) is 1. The molecule has 0 atom stereocenters. The van der Waals surface area contributed by atoms with Gasteiger partial charge in [0.2, 0.25) is 5.91 Å². The Bertz CT molecular complexity index is 439. The van der Waals surface area contributed by atoms with E-state index in [1.54, 1.807) is 24.3 Å². The van der Waals surface area contributed by atoms with Crippen LogP contribution >= 0.6 is 0 Å². The molecule has 0 aliphatic heterocycles. The molecule has 0 saturated heterocycles. The SMILES string of the molecule is Nc1ccc(OCCC(=O)NCC2CCC(O)CC2)cc1. The number of benzene rings is 1. The molecule has 0 spiro atoms. The van der Waals surface area contributed by atoms with Gasteiger partial charge >= 0.3 is 0 Å². The number of hydrogen-bond acceptors (Lipinski definition) is 4. The molecular formula is C16H24N2O3. The lowest BCUT2D eigenvalue weighted by molar-refractivity contribution is -0.121. The summed E-state index contributed by atoms with van der Waals surface area (Å²) in [5.74, 6) is 1.23. The highest BCUT2D eigenvalue weighted by molar-refractivity contribution is 5.75. The minimum absolute atomic E-state index is 0.0107. The maximum absolute atomic E-state index is 11.7. The Balaban J connectivity index is 1.58. The molecule has 4 N–H and O–H groups in total. The molecule has 5 nitrogen and oxygen atoms in total. The standard InChI is InChI=1S/C16H24N2O3/c17-13-3-7-15(8-4-13)21-10-9-16(20)18-11-12-1-5-14(19)6-2-12/h3-4,7-8,12,14,19H,1-2,5-6,9-11,17H2,(H,18,20). The van der Waals surface area contributed by atoms with Crippen LogP contribution in [-0.2, 0) is 4.79 Å². The summed E-state index contributed by atoms with van der Waals surface area (Å²) in [5.41, 5.74) is 6.28. The summed E-state index contributed by atoms with van der Waals surface area (Å²) in [5, 5.41) is 12.4. The predicted octanol–water partition coefficient (Wildman–Crippen LogP) is 1.70. The maximum Gasteiger partial charge on any atom is 0.223 e. The van der Waals surface area contributed by atoms with Gasteiger partial charge in [0.05, 0.1) is 19.1 Å². The van der Waals surface area contributed by atoms with Crippen LogP contribution in [0, 0.1) is 5.92 Å². The quantitative estimate of drug-likeness (QED) is 0.697. The molecule has 1 aliphatic rings. The first-order valence-electron chi connectivity index (χ1n) is 7.56. The molecule has 1 aromatic rings. The van der Waals surface area contributed by atoms with Gasteiger partial charge in [0.15, 0.2) is 0 Å². The Labute approximate surface area is 125 Å². The first kappa shape index (κ1) is 15.6. The number of nitrogens with one attached hydrogen (secondary N) is 1. The number of nitrogen functional groups attached to an aromatic ring is 1. The number of anilines is 1. The lowest BCUT2D eigenvalue weighted by Crippen LogP contribution is -2.32. The topological polar surface area (TPSA) is 84.6 Å². The summed E-state index contributed by atoms with van der Waals surface area (Å²) in [6, 6.07) is 7.13. The van der Waals surface area contributed by atoms with Gasteiger partial charge in [0.25, 0.3) is 0 Å². The number of ether oxygens (including phenoxy) is 1. The van der Waals surface area contributed by atoms with Crippen LogP contribution in [0.5, 0.6) is 5.75 Å². The predicted molar refractivity (Wildman–Crippen MR) is 81.9 cm³/mol. The largest absolute Gasteiger partial charge is 0.493 e. The molecule has 5 heteroatoms. The Morgan fingerprint density at radius 2 is 1.90 bits per heavy atom. The van der Waals surface area contributed by atoms with Crippen LogP contribution in [0.25, 0.3) is 0 Å². The van der Waals surface area contributed by atoms with Gasteiger partial charge in [-0.05, 0) is 55.9 Å². The van der Waals surface area contributed by atoms with Crippen molar-refractivity contribution >= 4 is 11.6 Å². The average molecular weight is 292 g/mol. The fourth-order valence-electron chi connectivity index (χ4n) is 2.52. The van der Waals surface area contributed by atoms with E-state index in [9.17, 15) is 9.90 Å². The fraction of sp³-hybridized carbons (Fsp3) is 0.562. The molecule has 0 aromatic heterocycles. The van der Waals surface area contributed by atoms with Crippen molar-refractivity contribution in [1.29, 1.82) is 0 Å². The van der Waals surface area contributed by atoms with Crippen LogP contribution in [-0.4, -0.2) is 30.3 Å². The molecular weight excluding hydrogens is 268 g/mol. The van der Waals surface area contributed by atoms with Crippen LogP contribution in [0.3, 0.4) is 0 Å². The Hall–Kier alpha value is -1.75. The van der Waals surface area contributed by atoms with E-state index in [0.717, 1.165) is 31.4 Å². The second kappa shape index (κ2) is 7.88. The van der Waals surface area contributed by atoms with Crippen LogP contribution in [0.1, 0.15) is 32.1 Å². The van der Waals surface area contributed by atoms with Crippen LogP contribution in [0.2, 0.25) is 0 Å². The van der Waals surface area contributed by atoms with Gasteiger partial charge in [-0.2, -0.15) is 0 Å². The van der Waals surface area contributed by atoms with E-state index in [4.69, 9.17) is 10.5 Å². The number of hydrogen-bond donors (Lipinski definition) is 3. The molecule has 21 heavy (non-hydrogen) atoms. The van der Waals surface area contributed by atoms with Crippen molar-refractivity contribution in [2.45, 2.75) is 38.2 Å². The summed E-state index contributed by atoms with van der Waals surface area (Å²) in [6.45, 7) is 1.06. The third kappa shape index (κ3) is 5.63. The third-order valence-electron chi connectivity index (χ3n) is 3.88. The highest BCUT2D eigenvalue weighted by atomic mass is 16.5. The van der Waals surface area contributed by atoms with Crippen LogP contribution in [0.15, 0.2) is 24.3 Å². The average Bonchev–Trinajstić information content (AvgIpc) is 2.49. The summed E-state index contributed by atoms with van der Waals surface area (Å²) in [6.07, 6.45) is 3.87. The number of rotatable bonds is 6. The lowest BCUT2D eigenvalue weighted by atomic mass is 9.87. The zero-order valence-electron chi connectivity index (χ0n) is 12.3. The second-order valence-corrected chi connectivity index (χ2v) is 5.65. The van der Waals surface area contributed by atoms with Crippen molar-refractivity contribution in [2.24, 2.45) is 5.92 Å². The van der Waals surface area contributed by atoms with E-state index >= 15 is 0 Å². The zero-order valence-corrected chi connectivity index (χ0v) is 12.3. The minimum atomic E-state index is -0.148. The van der Waals surface area contributed by atoms with Crippen molar-refractivity contribution in [1.82, 2.24) is 5.32 Å². The first-order chi connectivity index (χ1) is 10.1. The molecule has 1 fully saturated rings. The Morgan fingerprint density at radius 3 is 2.57 bits per heavy atom. The van der Waals surface area contributed by atoms with Crippen molar-refractivity contribution in [3.8, 4) is 5.75 Å². The number of carbonyl (C=O) groups is 1. The van der Waals surface area contributed by atoms with Crippen molar-refractivity contribution < 1.29 is 14.6 Å². The van der Waals surface area contributed by atoms with Crippen LogP contribution < -0.4 is 15.8 Å². The van der Waals surface area contributed by atoms with Crippen molar-refractivity contribution in [3.63, 3.8) is 0 Å². The Kier molecular flexibility index (Phi) is 5.87. The molecule has 0 bridgehead atoms. The zero-order chi connectivity index (χ0) is 15.1. The van der Waals surface area contributed by atoms with Gasteiger partial charge in [0, 0.05) is 12.2 Å². The number of amides is 1. The molecule has 116 valence electrons. The van der Waals surface area contributed by atoms with Crippen LogP contribution in [0.4, 0.5) is 5.69 Å². The maximum atomic E-state index is 11.7. The van der Waals surface area contributed by atoms with E-state index in [1.165, 1.54) is 0 Å². The van der Waals surface area contributed by atoms with Gasteiger partial charge in [-0.1, -0.05) is 0 Å². The monoisotopic (exact) mass is 292 g/mol. The minimum Gasteiger partial charge on any atom is -0.493 e. The molecule has 0 heterocycles. The molecule has 0 radical (unpaired) electrons. The van der Waals surface area contributed by atoms with Crippen molar-refractivity contribution in [2.75, 3.05) is 18.9 Å². The molecule has 2 rings (SSSR count). The smallest absolute Gasteiger partial charge is 0.223 e. The highest BCUT2D eigenvalue weighted by Crippen LogP contribution is 2.23. The summed E-state index contributed by atoms with van der Waals surface area (Å²) in [4.78, 5) is 11.7. The third-order valence-corrected chi connectivity index (χ3v) is 3.88. The molecule has 1 aromatic carbocycles. The Morgan fingerprint density at radius 1 is 1.24 bits per heavy atom. The van der Waals surface area contributed by atoms with Gasteiger partial charge in [-0.3, -0.25) is 4.79 Å². The second-order valence-electron chi connectivity index (χ2n) is 5.65. The molecule has 0 unspecified atom stereocenters. The summed E-state index contributed by atoms with van der Waals surface area (Å²) < 4.78 is 5.49. The van der Waals surface area contributed by atoms with E-state index in [0.29, 0.717) is 31.2 Å². The number of aliphatic hydroxyl groups excluding tert-OH is 1. The van der Waals surface area contributed by atoms with E-state index in [-0.39, 0.29) is 12.0 Å². The summed E-state index contributed by atoms with van der Waals surface area (Å²) >= 11 is 0. The summed E-state index contributed by atoms with van der Waals surface area (Å²) in [7, 11) is 0. The van der Waals surface area contributed by atoms with E-state index < -0.39 is 0 Å². The van der Waals surface area contributed by atoms with Gasteiger partial charge in [0.1, 0.15) is 5.75 Å². The van der Waals surface area contributed by atoms with E-state index in [2.05, 4.69) is 5.32 Å². The van der Waals surface area contributed by atoms with E-state index in [1.807, 2.05) is 0 Å². The molecule has 1 saturated carbocycles. The first-order valence-corrected chi connectivity index (χ1v) is 7.56. The van der Waals surface area contributed by atoms with Gasteiger partial charge in [-0.15, -0.1) is 0 Å². The lowest BCUT2D eigenvalue weighted by Gasteiger charge is -2.25. The number of carbonyl (C=O) groups excluding carboxylic acids is 1. The normalized spacial score (nSPS) is 21.8.